The second kappa shape index (κ2) is 7.36. The summed E-state index contributed by atoms with van der Waals surface area (Å²) >= 11 is 0. The molecular weight excluding hydrogens is 324 g/mol. The summed E-state index contributed by atoms with van der Waals surface area (Å²) in [7, 11) is -4.52. The molecule has 0 saturated carbocycles. The Bertz CT molecular complexity index is 674. The van der Waals surface area contributed by atoms with Gasteiger partial charge in [-0.25, -0.2) is 18.0 Å². The maximum atomic E-state index is 12.8. The zero-order chi connectivity index (χ0) is 17.7. The van der Waals surface area contributed by atoms with Gasteiger partial charge in [0.1, 0.15) is 0 Å². The number of ketones is 1. The number of esters is 2. The van der Waals surface area contributed by atoms with Gasteiger partial charge in [-0.3, -0.25) is 4.79 Å². The van der Waals surface area contributed by atoms with Crippen LogP contribution in [0.3, 0.4) is 0 Å². The van der Waals surface area contributed by atoms with E-state index in [1.807, 2.05) is 0 Å². The van der Waals surface area contributed by atoms with Gasteiger partial charge in [0, 0.05) is 11.8 Å². The van der Waals surface area contributed by atoms with E-state index in [1.165, 1.54) is 38.1 Å². The van der Waals surface area contributed by atoms with Crippen molar-refractivity contribution in [1.29, 1.82) is 0 Å². The van der Waals surface area contributed by atoms with Crippen molar-refractivity contribution in [2.24, 2.45) is 0 Å². The molecule has 0 aliphatic heterocycles. The summed E-state index contributed by atoms with van der Waals surface area (Å²) in [5, 5.41) is 0. The predicted molar refractivity (Wildman–Crippen MR) is 81.6 cm³/mol. The Labute approximate surface area is 134 Å². The van der Waals surface area contributed by atoms with E-state index in [-0.39, 0.29) is 18.8 Å². The molecule has 23 heavy (non-hydrogen) atoms. The number of hydrogen-bond donors (Lipinski definition) is 0. The quantitative estimate of drug-likeness (QED) is 0.410. The van der Waals surface area contributed by atoms with Crippen LogP contribution in [0.1, 0.15) is 24.2 Å². The lowest BCUT2D eigenvalue weighted by atomic mass is 9.96. The highest BCUT2D eigenvalue weighted by atomic mass is 32.2. The average molecular weight is 342 g/mol. The van der Waals surface area contributed by atoms with Gasteiger partial charge in [0.05, 0.1) is 13.2 Å². The molecule has 0 bridgehead atoms. The van der Waals surface area contributed by atoms with Crippen molar-refractivity contribution in [2.45, 2.75) is 18.6 Å². The fourth-order valence-corrected chi connectivity index (χ4v) is 3.18. The Morgan fingerprint density at radius 2 is 1.39 bits per heavy atom. The van der Waals surface area contributed by atoms with Crippen LogP contribution < -0.4 is 0 Å². The van der Waals surface area contributed by atoms with Gasteiger partial charge >= 0.3 is 16.7 Å². The molecule has 1 aromatic carbocycles. The highest BCUT2D eigenvalue weighted by Gasteiger charge is 2.64. The molecular formula is C15H18O7S. The van der Waals surface area contributed by atoms with Crippen LogP contribution in [0.4, 0.5) is 0 Å². The van der Waals surface area contributed by atoms with E-state index in [0.29, 0.717) is 6.26 Å². The van der Waals surface area contributed by atoms with Gasteiger partial charge in [0.25, 0.3) is 0 Å². The van der Waals surface area contributed by atoms with Gasteiger partial charge in [0.15, 0.2) is 9.84 Å². The summed E-state index contributed by atoms with van der Waals surface area (Å²) in [5.74, 6) is -4.12. The third-order valence-electron chi connectivity index (χ3n) is 3.04. The summed E-state index contributed by atoms with van der Waals surface area (Å²) in [6.07, 6.45) is 0.627. The zero-order valence-electron chi connectivity index (χ0n) is 13.1. The molecule has 0 saturated heterocycles. The van der Waals surface area contributed by atoms with E-state index < -0.39 is 32.3 Å². The number of benzene rings is 1. The van der Waals surface area contributed by atoms with Crippen molar-refractivity contribution in [3.63, 3.8) is 0 Å². The molecule has 0 spiro atoms. The first-order valence-corrected chi connectivity index (χ1v) is 8.76. The number of sulfone groups is 1. The van der Waals surface area contributed by atoms with Crippen molar-refractivity contribution in [2.75, 3.05) is 19.5 Å². The van der Waals surface area contributed by atoms with Crippen molar-refractivity contribution in [3.05, 3.63) is 35.9 Å². The van der Waals surface area contributed by atoms with Crippen molar-refractivity contribution in [3.8, 4) is 0 Å². The Kier molecular flexibility index (Phi) is 6.03. The van der Waals surface area contributed by atoms with E-state index in [0.717, 1.165) is 0 Å². The monoisotopic (exact) mass is 342 g/mol. The molecule has 1 aromatic rings. The molecule has 0 aliphatic rings. The fraction of sp³-hybridized carbons (Fsp3) is 0.400. The topological polar surface area (TPSA) is 104 Å². The second-order valence-electron chi connectivity index (χ2n) is 4.59. The molecule has 0 fully saturated rings. The molecule has 0 aliphatic carbocycles. The smallest absolute Gasteiger partial charge is 0.347 e. The summed E-state index contributed by atoms with van der Waals surface area (Å²) in [6.45, 7) is 2.47. The lowest BCUT2D eigenvalue weighted by molar-refractivity contribution is -0.156. The van der Waals surface area contributed by atoms with Crippen LogP contribution in [-0.2, 0) is 28.9 Å². The molecule has 0 radical (unpaired) electrons. The molecule has 0 aromatic heterocycles. The molecule has 0 amide bonds. The maximum Gasteiger partial charge on any atom is 0.347 e. The van der Waals surface area contributed by atoms with Gasteiger partial charge in [-0.2, -0.15) is 0 Å². The molecule has 0 N–H and O–H groups in total. The van der Waals surface area contributed by atoms with Gasteiger partial charge in [-0.1, -0.05) is 30.3 Å². The standard InChI is InChI=1S/C15H18O7S/c1-4-21-13(17)15(23(3,19)20,14(18)22-5-2)12(16)11-9-7-6-8-10-11/h6-10H,4-5H2,1-3H3. The molecule has 0 heterocycles. The maximum absolute atomic E-state index is 12.8. The first kappa shape index (κ1) is 18.8. The zero-order valence-corrected chi connectivity index (χ0v) is 13.9. The highest BCUT2D eigenvalue weighted by Crippen LogP contribution is 2.27. The first-order valence-electron chi connectivity index (χ1n) is 6.87. The van der Waals surface area contributed by atoms with Gasteiger partial charge in [-0.15, -0.1) is 0 Å². The van der Waals surface area contributed by atoms with E-state index >= 15 is 0 Å². The summed E-state index contributed by atoms with van der Waals surface area (Å²) < 4.78 is 30.9. The number of carbonyl (C=O) groups is 3. The van der Waals surface area contributed by atoms with Crippen LogP contribution in [0.15, 0.2) is 30.3 Å². The molecule has 1 rings (SSSR count). The van der Waals surface area contributed by atoms with Crippen LogP contribution >= 0.6 is 0 Å². The normalized spacial score (nSPS) is 11.6. The number of ether oxygens (including phenoxy) is 2. The van der Waals surface area contributed by atoms with E-state index in [1.54, 1.807) is 6.07 Å². The summed E-state index contributed by atoms with van der Waals surface area (Å²) in [4.78, 5) is 37.4. The lowest BCUT2D eigenvalue weighted by Crippen LogP contribution is -2.60. The molecule has 7 nitrogen and oxygen atoms in total. The van der Waals surface area contributed by atoms with Crippen LogP contribution in [0.5, 0.6) is 0 Å². The molecule has 8 heteroatoms. The van der Waals surface area contributed by atoms with Gasteiger partial charge < -0.3 is 9.47 Å². The highest BCUT2D eigenvalue weighted by molar-refractivity contribution is 7.94. The third-order valence-corrected chi connectivity index (χ3v) is 4.67. The Morgan fingerprint density at radius 3 is 1.74 bits per heavy atom. The van der Waals surface area contributed by atoms with Crippen molar-refractivity contribution < 1.29 is 32.3 Å². The predicted octanol–water partition coefficient (Wildman–Crippen LogP) is 0.779. The van der Waals surface area contributed by atoms with Crippen LogP contribution in [-0.4, -0.2) is 50.4 Å². The minimum atomic E-state index is -4.52. The Morgan fingerprint density at radius 1 is 0.957 bits per heavy atom. The molecule has 126 valence electrons. The Hall–Kier alpha value is -2.22. The molecule has 0 unspecified atom stereocenters. The number of carbonyl (C=O) groups excluding carboxylic acids is 3. The summed E-state index contributed by atoms with van der Waals surface area (Å²) in [6, 6.07) is 7.18. The van der Waals surface area contributed by atoms with Crippen LogP contribution in [0.2, 0.25) is 0 Å². The van der Waals surface area contributed by atoms with E-state index in [4.69, 9.17) is 9.47 Å². The average Bonchev–Trinajstić information content (AvgIpc) is 2.47. The van der Waals surface area contributed by atoms with Gasteiger partial charge in [0.2, 0.25) is 5.78 Å². The lowest BCUT2D eigenvalue weighted by Gasteiger charge is -2.26. The number of hydrogen-bond acceptors (Lipinski definition) is 7. The largest absolute Gasteiger partial charge is 0.464 e. The SMILES string of the molecule is CCOC(=O)C(C(=O)OCC)(C(=O)c1ccccc1)S(C)(=O)=O. The molecule has 0 atom stereocenters. The number of rotatable bonds is 7. The van der Waals surface area contributed by atoms with Crippen LogP contribution in [0.25, 0.3) is 0 Å². The first-order chi connectivity index (χ1) is 10.7. The minimum absolute atomic E-state index is 0.112. The minimum Gasteiger partial charge on any atom is -0.464 e. The van der Waals surface area contributed by atoms with Gasteiger partial charge in [-0.05, 0) is 13.8 Å². The van der Waals surface area contributed by atoms with E-state index in [2.05, 4.69) is 0 Å². The summed E-state index contributed by atoms with van der Waals surface area (Å²) in [5.41, 5.74) is -0.112. The second-order valence-corrected chi connectivity index (χ2v) is 6.75. The van der Waals surface area contributed by atoms with Crippen molar-refractivity contribution >= 4 is 27.6 Å². The third kappa shape index (κ3) is 3.42. The van der Waals surface area contributed by atoms with Crippen molar-refractivity contribution in [1.82, 2.24) is 0 Å². The number of Topliss-reactive ketones (excluding diaryl/α,β-unsaturated/α-hetero) is 1. The fourth-order valence-electron chi connectivity index (χ4n) is 2.00. The van der Waals surface area contributed by atoms with Crippen LogP contribution in [0, 0.1) is 0 Å². The Balaban J connectivity index is 3.66. The van der Waals surface area contributed by atoms with E-state index in [9.17, 15) is 22.8 Å².